The lowest BCUT2D eigenvalue weighted by Gasteiger charge is -2.13. The lowest BCUT2D eigenvalue weighted by molar-refractivity contribution is 0.541. The third-order valence-corrected chi connectivity index (χ3v) is 3.49. The Morgan fingerprint density at radius 2 is 1.67 bits per heavy atom. The summed E-state index contributed by atoms with van der Waals surface area (Å²) in [4.78, 5) is 24.6. The van der Waals surface area contributed by atoms with Gasteiger partial charge < -0.3 is 5.32 Å². The van der Waals surface area contributed by atoms with Gasteiger partial charge in [-0.05, 0) is 19.3 Å². The Balaban J connectivity index is 2.91. The van der Waals surface area contributed by atoms with Crippen molar-refractivity contribution in [3.8, 4) is 0 Å². The number of aromatic nitrogens is 2. The summed E-state index contributed by atoms with van der Waals surface area (Å²) >= 11 is 0. The number of unbranched alkanes of at least 4 members (excludes halogenated alkanes) is 3. The second-order valence-corrected chi connectivity index (χ2v) is 5.46. The van der Waals surface area contributed by atoms with Crippen LogP contribution in [0.2, 0.25) is 0 Å². The highest BCUT2D eigenvalue weighted by atomic mass is 16.2. The lowest BCUT2D eigenvalue weighted by Crippen LogP contribution is -2.40. The highest BCUT2D eigenvalue weighted by Crippen LogP contribution is 2.02. The van der Waals surface area contributed by atoms with E-state index in [4.69, 9.17) is 0 Å². The summed E-state index contributed by atoms with van der Waals surface area (Å²) in [5.41, 5.74) is 0.165. The van der Waals surface area contributed by atoms with Gasteiger partial charge in [0.15, 0.2) is 0 Å². The Morgan fingerprint density at radius 3 is 2.29 bits per heavy atom. The summed E-state index contributed by atoms with van der Waals surface area (Å²) in [6.07, 6.45) is 7.97. The zero-order chi connectivity index (χ0) is 15.7. The van der Waals surface area contributed by atoms with Crippen molar-refractivity contribution in [1.82, 2.24) is 9.13 Å². The average molecular weight is 295 g/mol. The van der Waals surface area contributed by atoms with E-state index in [2.05, 4.69) is 12.2 Å². The van der Waals surface area contributed by atoms with E-state index in [-0.39, 0.29) is 11.2 Å². The fourth-order valence-electron chi connectivity index (χ4n) is 2.37. The molecule has 0 aromatic carbocycles. The van der Waals surface area contributed by atoms with Crippen LogP contribution < -0.4 is 16.6 Å². The fourth-order valence-corrected chi connectivity index (χ4v) is 2.37. The first-order valence-corrected chi connectivity index (χ1v) is 8.23. The number of nitrogens with zero attached hydrogens (tertiary/aromatic N) is 2. The molecular weight excluding hydrogens is 266 g/mol. The van der Waals surface area contributed by atoms with Gasteiger partial charge in [-0.2, -0.15) is 0 Å². The second kappa shape index (κ2) is 9.42. The van der Waals surface area contributed by atoms with Gasteiger partial charge in [0, 0.05) is 25.8 Å². The second-order valence-electron chi connectivity index (χ2n) is 5.46. The van der Waals surface area contributed by atoms with Gasteiger partial charge >= 0.3 is 5.69 Å². The lowest BCUT2D eigenvalue weighted by atomic mass is 10.2. The van der Waals surface area contributed by atoms with Gasteiger partial charge in [0.1, 0.15) is 5.69 Å². The van der Waals surface area contributed by atoms with Crippen LogP contribution in [-0.4, -0.2) is 15.7 Å². The largest absolute Gasteiger partial charge is 0.379 e. The molecule has 21 heavy (non-hydrogen) atoms. The van der Waals surface area contributed by atoms with E-state index in [9.17, 15) is 9.59 Å². The third-order valence-electron chi connectivity index (χ3n) is 3.49. The summed E-state index contributed by atoms with van der Waals surface area (Å²) in [6.45, 7) is 8.09. The summed E-state index contributed by atoms with van der Waals surface area (Å²) < 4.78 is 3.00. The molecule has 5 heteroatoms. The van der Waals surface area contributed by atoms with Gasteiger partial charge in [-0.1, -0.05) is 40.0 Å². The maximum atomic E-state index is 12.3. The molecule has 0 aliphatic rings. The molecule has 120 valence electrons. The van der Waals surface area contributed by atoms with E-state index in [0.717, 1.165) is 25.8 Å². The number of rotatable bonds is 10. The van der Waals surface area contributed by atoms with Crippen molar-refractivity contribution in [2.24, 2.45) is 0 Å². The molecule has 0 amide bonds. The molecule has 0 aliphatic heterocycles. The first-order valence-electron chi connectivity index (χ1n) is 8.23. The first-order chi connectivity index (χ1) is 10.2. The molecule has 0 fully saturated rings. The molecule has 0 spiro atoms. The van der Waals surface area contributed by atoms with Crippen LogP contribution in [0.4, 0.5) is 5.69 Å². The van der Waals surface area contributed by atoms with E-state index in [1.54, 1.807) is 10.8 Å². The van der Waals surface area contributed by atoms with E-state index < -0.39 is 0 Å². The number of aryl methyl sites for hydroxylation is 1. The van der Waals surface area contributed by atoms with Gasteiger partial charge in [0.25, 0.3) is 5.56 Å². The van der Waals surface area contributed by atoms with Crippen molar-refractivity contribution >= 4 is 5.69 Å². The highest BCUT2D eigenvalue weighted by Gasteiger charge is 2.10. The SMILES string of the molecule is CCCCCCNc1cn(CCC)c(=O)n(CCC)c1=O. The fraction of sp³-hybridized carbons (Fsp3) is 0.750. The summed E-state index contributed by atoms with van der Waals surface area (Å²) in [5.74, 6) is 0. The monoisotopic (exact) mass is 295 g/mol. The van der Waals surface area contributed by atoms with E-state index in [1.165, 1.54) is 23.8 Å². The summed E-state index contributed by atoms with van der Waals surface area (Å²) in [7, 11) is 0. The molecular formula is C16H29N3O2. The van der Waals surface area contributed by atoms with E-state index in [0.29, 0.717) is 18.8 Å². The van der Waals surface area contributed by atoms with Crippen LogP contribution in [0, 0.1) is 0 Å². The number of hydrogen-bond donors (Lipinski definition) is 1. The Kier molecular flexibility index (Phi) is 7.87. The zero-order valence-electron chi connectivity index (χ0n) is 13.7. The molecule has 0 radical (unpaired) electrons. The Hall–Kier alpha value is -1.52. The van der Waals surface area contributed by atoms with Crippen LogP contribution in [0.5, 0.6) is 0 Å². The maximum Gasteiger partial charge on any atom is 0.331 e. The predicted octanol–water partition coefficient (Wildman–Crippen LogP) is 2.82. The van der Waals surface area contributed by atoms with Crippen molar-refractivity contribution < 1.29 is 0 Å². The van der Waals surface area contributed by atoms with Crippen LogP contribution >= 0.6 is 0 Å². The molecule has 1 aromatic rings. The Bertz CT molecular complexity index is 531. The van der Waals surface area contributed by atoms with Gasteiger partial charge in [0.05, 0.1) is 0 Å². The van der Waals surface area contributed by atoms with Crippen LogP contribution in [0.3, 0.4) is 0 Å². The quantitative estimate of drug-likeness (QED) is 0.675. The summed E-state index contributed by atoms with van der Waals surface area (Å²) in [5, 5.41) is 3.20. The Labute approximate surface area is 127 Å². The van der Waals surface area contributed by atoms with Crippen LogP contribution in [0.1, 0.15) is 59.3 Å². The molecule has 0 bridgehead atoms. The topological polar surface area (TPSA) is 56.0 Å². The minimum absolute atomic E-state index is 0.190. The molecule has 0 saturated carbocycles. The van der Waals surface area contributed by atoms with Crippen molar-refractivity contribution in [1.29, 1.82) is 0 Å². The number of nitrogens with one attached hydrogen (secondary N) is 1. The van der Waals surface area contributed by atoms with Crippen LogP contribution in [0.15, 0.2) is 15.8 Å². The molecule has 0 atom stereocenters. The molecule has 1 rings (SSSR count). The molecule has 0 unspecified atom stereocenters. The molecule has 0 aliphatic carbocycles. The minimum atomic E-state index is -0.194. The number of anilines is 1. The maximum absolute atomic E-state index is 12.3. The molecule has 1 heterocycles. The highest BCUT2D eigenvalue weighted by molar-refractivity contribution is 5.38. The standard InChI is InChI=1S/C16H29N3O2/c1-4-7-8-9-10-17-14-13-18(11-5-2)16(21)19(12-6-3)15(14)20/h13,17H,4-12H2,1-3H3. The van der Waals surface area contributed by atoms with Gasteiger partial charge in [-0.15, -0.1) is 0 Å². The molecule has 1 aromatic heterocycles. The average Bonchev–Trinajstić information content (AvgIpc) is 2.48. The normalized spacial score (nSPS) is 10.8. The van der Waals surface area contributed by atoms with Crippen LogP contribution in [0.25, 0.3) is 0 Å². The van der Waals surface area contributed by atoms with Crippen molar-refractivity contribution in [3.05, 3.63) is 27.0 Å². The van der Waals surface area contributed by atoms with Crippen molar-refractivity contribution in [2.75, 3.05) is 11.9 Å². The van der Waals surface area contributed by atoms with Crippen LogP contribution in [-0.2, 0) is 13.1 Å². The van der Waals surface area contributed by atoms with Crippen molar-refractivity contribution in [3.63, 3.8) is 0 Å². The zero-order valence-corrected chi connectivity index (χ0v) is 13.7. The van der Waals surface area contributed by atoms with E-state index in [1.807, 2.05) is 13.8 Å². The number of hydrogen-bond acceptors (Lipinski definition) is 3. The minimum Gasteiger partial charge on any atom is -0.379 e. The third kappa shape index (κ3) is 5.06. The molecule has 0 saturated heterocycles. The molecule has 1 N–H and O–H groups in total. The van der Waals surface area contributed by atoms with Gasteiger partial charge in [0.2, 0.25) is 0 Å². The van der Waals surface area contributed by atoms with Gasteiger partial charge in [-0.3, -0.25) is 13.9 Å². The summed E-state index contributed by atoms with van der Waals surface area (Å²) in [6, 6.07) is 0. The molecule has 5 nitrogen and oxygen atoms in total. The predicted molar refractivity (Wildman–Crippen MR) is 88.2 cm³/mol. The first kappa shape index (κ1) is 17.5. The van der Waals surface area contributed by atoms with Gasteiger partial charge in [-0.25, -0.2) is 4.79 Å². The Morgan fingerprint density at radius 1 is 0.952 bits per heavy atom. The van der Waals surface area contributed by atoms with Crippen molar-refractivity contribution in [2.45, 2.75) is 72.4 Å². The smallest absolute Gasteiger partial charge is 0.331 e. The van der Waals surface area contributed by atoms with E-state index >= 15 is 0 Å².